The molecule has 6 N–H and O–H groups in total. The normalized spacial score (nSPS) is 19.6. The first-order valence-electron chi connectivity index (χ1n) is 8.47. The largest absolute Gasteiger partial charge is 0.480 e. The maximum atomic E-state index is 12.8. The summed E-state index contributed by atoms with van der Waals surface area (Å²) in [4.78, 5) is 23.3. The topological polar surface area (TPSA) is 229 Å². The molecule has 2 aromatic rings. The quantitative estimate of drug-likeness (QED) is 0.211. The first-order valence-corrected chi connectivity index (χ1v) is 11.4. The van der Waals surface area contributed by atoms with Gasteiger partial charge in [-0.2, -0.15) is 27.1 Å². The average molecular weight is 485 g/mol. The van der Waals surface area contributed by atoms with Crippen molar-refractivity contribution < 1.29 is 40.6 Å². The molecule has 1 fully saturated rings. The monoisotopic (exact) mass is 485 g/mol. The van der Waals surface area contributed by atoms with E-state index < -0.39 is 59.7 Å². The minimum Gasteiger partial charge on any atom is -0.480 e. The lowest BCUT2D eigenvalue weighted by atomic mass is 10.1. The molecule has 2 unspecified atom stereocenters. The molecule has 0 spiro atoms. The molecule has 0 bridgehead atoms. The van der Waals surface area contributed by atoms with E-state index in [4.69, 9.17) is 10.3 Å². The third-order valence-electron chi connectivity index (χ3n) is 4.27. The van der Waals surface area contributed by atoms with E-state index in [0.717, 1.165) is 41.4 Å². The van der Waals surface area contributed by atoms with Gasteiger partial charge in [0.15, 0.2) is 12.1 Å². The van der Waals surface area contributed by atoms with Crippen LogP contribution in [0.2, 0.25) is 0 Å². The number of rotatable bonds is 6. The zero-order valence-corrected chi connectivity index (χ0v) is 17.4. The molecule has 0 saturated carbocycles. The Kier molecular flexibility index (Phi) is 5.98. The number of carbonyl (C=O) groups excluding carboxylic acids is 1. The number of azo groups is 1. The van der Waals surface area contributed by atoms with Crippen molar-refractivity contribution in [2.75, 3.05) is 10.7 Å². The molecular formula is C16H15N5O9S2. The van der Waals surface area contributed by atoms with Crippen molar-refractivity contribution in [3.05, 3.63) is 42.5 Å². The molecule has 16 heteroatoms. The van der Waals surface area contributed by atoms with Crippen LogP contribution in [0.1, 0.15) is 0 Å². The lowest BCUT2D eigenvalue weighted by molar-refractivity contribution is -0.140. The third kappa shape index (κ3) is 4.73. The van der Waals surface area contributed by atoms with E-state index in [9.17, 15) is 36.1 Å². The molecule has 170 valence electrons. The van der Waals surface area contributed by atoms with Crippen LogP contribution in [-0.2, 0) is 29.8 Å². The van der Waals surface area contributed by atoms with Crippen LogP contribution in [0, 0.1) is 0 Å². The van der Waals surface area contributed by atoms with Crippen LogP contribution in [0.5, 0.6) is 0 Å². The molecule has 0 radical (unpaired) electrons. The SMILES string of the molecule is Nc1ccc(S(=O)(=O)O)c(N=NC2C(=O)N(c3ccc(S(=O)(=O)O)cc3)NC2C(=O)O)c1. The number of hydrogen-bond acceptors (Lipinski definition) is 10. The van der Waals surface area contributed by atoms with Gasteiger partial charge in [0, 0.05) is 5.69 Å². The van der Waals surface area contributed by atoms with Crippen molar-refractivity contribution in [3.8, 4) is 0 Å². The van der Waals surface area contributed by atoms with Crippen LogP contribution >= 0.6 is 0 Å². The van der Waals surface area contributed by atoms with Crippen LogP contribution in [0.3, 0.4) is 0 Å². The summed E-state index contributed by atoms with van der Waals surface area (Å²) in [7, 11) is -9.20. The predicted molar refractivity (Wildman–Crippen MR) is 107 cm³/mol. The fourth-order valence-corrected chi connectivity index (χ4v) is 3.86. The minimum absolute atomic E-state index is 0.0360. The number of nitrogen functional groups attached to an aromatic ring is 1. The second-order valence-electron chi connectivity index (χ2n) is 6.45. The Bertz CT molecular complexity index is 1320. The molecule has 3 rings (SSSR count). The number of amides is 1. The molecule has 1 amide bonds. The highest BCUT2D eigenvalue weighted by molar-refractivity contribution is 7.86. The zero-order chi connectivity index (χ0) is 23.8. The van der Waals surface area contributed by atoms with Crippen LogP contribution in [0.4, 0.5) is 17.1 Å². The van der Waals surface area contributed by atoms with E-state index >= 15 is 0 Å². The van der Waals surface area contributed by atoms with Gasteiger partial charge in [-0.15, -0.1) is 0 Å². The number of carboxylic acids is 1. The van der Waals surface area contributed by atoms with E-state index in [1.165, 1.54) is 6.07 Å². The molecule has 1 heterocycles. The Balaban J connectivity index is 1.96. The number of benzene rings is 2. The number of hydrogen-bond donors (Lipinski definition) is 5. The van der Waals surface area contributed by atoms with Crippen LogP contribution in [0.25, 0.3) is 0 Å². The van der Waals surface area contributed by atoms with Crippen molar-refractivity contribution in [2.45, 2.75) is 21.9 Å². The van der Waals surface area contributed by atoms with Crippen molar-refractivity contribution >= 4 is 49.2 Å². The van der Waals surface area contributed by atoms with Gasteiger partial charge >= 0.3 is 5.97 Å². The summed E-state index contributed by atoms with van der Waals surface area (Å²) in [5.41, 5.74) is 7.65. The number of carbonyl (C=O) groups is 2. The fraction of sp³-hybridized carbons (Fsp3) is 0.125. The Morgan fingerprint density at radius 2 is 1.66 bits per heavy atom. The number of carboxylic acid groups (broad SMARTS) is 1. The van der Waals surface area contributed by atoms with E-state index in [0.29, 0.717) is 0 Å². The fourth-order valence-electron chi connectivity index (χ4n) is 2.78. The predicted octanol–water partition coefficient (Wildman–Crippen LogP) is 0.219. The van der Waals surface area contributed by atoms with E-state index in [1.807, 2.05) is 0 Å². The molecule has 2 aromatic carbocycles. The summed E-state index contributed by atoms with van der Waals surface area (Å²) < 4.78 is 63.6. The van der Waals surface area contributed by atoms with E-state index in [-0.39, 0.29) is 11.4 Å². The molecule has 1 aliphatic rings. The molecule has 2 atom stereocenters. The van der Waals surface area contributed by atoms with Gasteiger partial charge in [-0.05, 0) is 42.5 Å². The third-order valence-corrected chi connectivity index (χ3v) is 6.04. The van der Waals surface area contributed by atoms with Crippen molar-refractivity contribution in [1.82, 2.24) is 5.43 Å². The average Bonchev–Trinajstić information content (AvgIpc) is 3.01. The molecule has 0 aliphatic carbocycles. The molecule has 1 saturated heterocycles. The summed E-state index contributed by atoms with van der Waals surface area (Å²) in [5, 5.41) is 17.5. The second kappa shape index (κ2) is 8.24. The Morgan fingerprint density at radius 1 is 1.03 bits per heavy atom. The summed E-state index contributed by atoms with van der Waals surface area (Å²) in [6, 6.07) is 4.22. The summed E-state index contributed by atoms with van der Waals surface area (Å²) in [6.07, 6.45) is 0. The maximum Gasteiger partial charge on any atom is 0.325 e. The van der Waals surface area contributed by atoms with Crippen molar-refractivity contribution in [3.63, 3.8) is 0 Å². The van der Waals surface area contributed by atoms with Crippen LogP contribution in [-0.4, -0.2) is 55.0 Å². The van der Waals surface area contributed by atoms with Gasteiger partial charge in [0.1, 0.15) is 10.6 Å². The standard InChI is InChI=1S/C16H15N5O9S2/c17-8-1-6-12(32(28,29)30)11(7-8)18-19-13-14(16(23)24)20-21(15(13)22)9-2-4-10(5-3-9)31(25,26)27/h1-7,13-14,20H,17H2,(H,23,24)(H,25,26,27)(H,28,29,30). The van der Waals surface area contributed by atoms with E-state index in [1.54, 1.807) is 0 Å². The number of anilines is 2. The first kappa shape index (κ1) is 23.2. The van der Waals surface area contributed by atoms with Crippen LogP contribution in [0.15, 0.2) is 62.5 Å². The Morgan fingerprint density at radius 3 is 2.19 bits per heavy atom. The van der Waals surface area contributed by atoms with Gasteiger partial charge in [-0.25, -0.2) is 10.4 Å². The maximum absolute atomic E-state index is 12.8. The second-order valence-corrected chi connectivity index (χ2v) is 9.26. The molecular weight excluding hydrogens is 470 g/mol. The lowest BCUT2D eigenvalue weighted by Crippen LogP contribution is -2.42. The number of nitrogens with two attached hydrogens (primary N) is 1. The number of nitrogens with zero attached hydrogens (tertiary/aromatic N) is 3. The Hall–Kier alpha value is -3.44. The molecule has 14 nitrogen and oxygen atoms in total. The smallest absolute Gasteiger partial charge is 0.325 e. The highest BCUT2D eigenvalue weighted by Crippen LogP contribution is 2.29. The highest BCUT2D eigenvalue weighted by Gasteiger charge is 2.45. The van der Waals surface area contributed by atoms with Gasteiger partial charge < -0.3 is 10.8 Å². The molecule has 1 aliphatic heterocycles. The Labute approximate surface area is 180 Å². The number of nitrogens with one attached hydrogen (secondary N) is 1. The van der Waals surface area contributed by atoms with Crippen molar-refractivity contribution in [1.29, 1.82) is 0 Å². The van der Waals surface area contributed by atoms with Gasteiger partial charge in [-0.1, -0.05) is 0 Å². The summed E-state index contributed by atoms with van der Waals surface area (Å²) in [6.45, 7) is 0. The molecule has 32 heavy (non-hydrogen) atoms. The molecule has 0 aromatic heterocycles. The van der Waals surface area contributed by atoms with Gasteiger partial charge in [-0.3, -0.25) is 18.7 Å². The number of hydrazine groups is 1. The van der Waals surface area contributed by atoms with Gasteiger partial charge in [0.2, 0.25) is 0 Å². The summed E-state index contributed by atoms with van der Waals surface area (Å²) >= 11 is 0. The van der Waals surface area contributed by atoms with Gasteiger partial charge in [0.25, 0.3) is 26.1 Å². The lowest BCUT2D eigenvalue weighted by Gasteiger charge is -2.16. The zero-order valence-electron chi connectivity index (χ0n) is 15.7. The van der Waals surface area contributed by atoms with Gasteiger partial charge in [0.05, 0.1) is 10.6 Å². The highest BCUT2D eigenvalue weighted by atomic mass is 32.2. The first-order chi connectivity index (χ1) is 14.8. The number of aliphatic carboxylic acids is 1. The van der Waals surface area contributed by atoms with Crippen LogP contribution < -0.4 is 16.2 Å². The van der Waals surface area contributed by atoms with E-state index in [2.05, 4.69) is 15.7 Å². The summed E-state index contributed by atoms with van der Waals surface area (Å²) in [5.74, 6) is -2.39. The minimum atomic E-state index is -4.72. The van der Waals surface area contributed by atoms with Crippen molar-refractivity contribution in [2.24, 2.45) is 10.2 Å².